The molecule has 0 amide bonds. The van der Waals surface area contributed by atoms with Crippen LogP contribution in [0.2, 0.25) is 45.8 Å². The van der Waals surface area contributed by atoms with Crippen LogP contribution in [0.4, 0.5) is 0 Å². The minimum absolute atomic E-state index is 0.948. The van der Waals surface area contributed by atoms with Crippen molar-refractivity contribution in [3.8, 4) is 0 Å². The van der Waals surface area contributed by atoms with Crippen LogP contribution in [0.5, 0.6) is 0 Å². The Morgan fingerprint density at radius 1 is 0.263 bits per heavy atom. The molecule has 80 heavy (non-hydrogen) atoms. The highest BCUT2D eigenvalue weighted by Gasteiger charge is 2.59. The van der Waals surface area contributed by atoms with E-state index in [9.17, 15) is 143 Å². The van der Waals surface area contributed by atoms with Gasteiger partial charge in [0.25, 0.3) is 9.28 Å². The van der Waals surface area contributed by atoms with E-state index in [2.05, 4.69) is 0 Å². The summed E-state index contributed by atoms with van der Waals surface area (Å²) in [5.41, 5.74) is 0. The molecule has 0 bridgehead atoms. The van der Waals surface area contributed by atoms with Gasteiger partial charge in [-0.3, -0.25) is 0 Å². The summed E-state index contributed by atoms with van der Waals surface area (Å²) >= 11 is 0. The number of hydrogen-bond acceptors (Lipinski definition) is 34. The Bertz CT molecular complexity index is 3310. The third-order valence-electron chi connectivity index (χ3n) is 8.87. The lowest BCUT2D eigenvalue weighted by Crippen LogP contribution is -2.59. The lowest BCUT2D eigenvalue weighted by atomic mass is 10.5. The van der Waals surface area contributed by atoms with E-state index in [4.69, 9.17) is 8.54 Å². The molecule has 0 rings (SSSR count). The minimum Gasteiger partial charge on any atom is -0.454 e. The van der Waals surface area contributed by atoms with Gasteiger partial charge in [-0.25, -0.2) is 0 Å². The van der Waals surface area contributed by atoms with Crippen molar-refractivity contribution in [2.24, 2.45) is 0 Å². The summed E-state index contributed by atoms with van der Waals surface area (Å²) in [6.45, 7) is 14.8. The van der Waals surface area contributed by atoms with Crippen molar-refractivity contribution in [2.45, 2.75) is 64.9 Å². The van der Waals surface area contributed by atoms with Gasteiger partial charge in [0.1, 0.15) is 8.31 Å². The molecule has 0 N–H and O–H groups in total. The topological polar surface area (TPSA) is 565 Å². The SMILES string of the molecule is C[SiH]([Si](=O)[Si](=O)[Si](=O)[Si](=O)[Si](=O)[Si](=O)[Si](=O)[Si](=O)[Si](=O)[Si](=O)[Si](=O)[Si](=O)[Si](=O)[Si](=O)[Si](=O)[Si](=O)[Si](=O)[Si](=O)[Si](=O)[Si](=O)[Si](=O)[Si](=O)[Si](=O)[Si](=O)[Si](=O)[Si](=O)[Si](=O)[Si](=O)[Si](=O)[Si](=O)[Si](=O)[Si](=O)[Si]O[Si](C)(C)C)C(C)(C)O[Si](C)(C)C. The Morgan fingerprint density at radius 3 is 0.562 bits per heavy atom. The molecule has 0 heterocycles. The fourth-order valence-corrected chi connectivity index (χ4v) is 401. The summed E-state index contributed by atoms with van der Waals surface area (Å²) in [6, 6.07) is 0. The van der Waals surface area contributed by atoms with Gasteiger partial charge in [-0.2, -0.15) is 0 Å². The normalized spacial score (nSPS) is 11.3. The van der Waals surface area contributed by atoms with Crippen molar-refractivity contribution < 1.29 is 151 Å². The molecule has 34 nitrogen and oxygen atoms in total. The largest absolute Gasteiger partial charge is 0.454 e. The lowest BCUT2D eigenvalue weighted by Gasteiger charge is -2.35. The van der Waals surface area contributed by atoms with Gasteiger partial charge in [0, 0.05) is 5.22 Å². The van der Waals surface area contributed by atoms with E-state index < -0.39 is 286 Å². The smallest absolute Gasteiger partial charge is 0.381 e. The van der Waals surface area contributed by atoms with Gasteiger partial charge in [-0.15, -0.1) is 0 Å². The first kappa shape index (κ1) is 81.3. The highest BCUT2D eigenvalue weighted by atomic mass is 30.1. The molecule has 0 spiro atoms. The lowest BCUT2D eigenvalue weighted by molar-refractivity contribution is 0.184. The third kappa shape index (κ3) is 22.4. The second kappa shape index (κ2) is 34.3. The Kier molecular flexibility index (Phi) is 34.9. The molecular weight excluding hydrogens is 1680 g/mol. The molecule has 0 saturated heterocycles. The van der Waals surface area contributed by atoms with Crippen LogP contribution in [-0.4, -0.2) is 286 Å². The second-order valence-electron chi connectivity index (χ2n) is 17.4. The van der Waals surface area contributed by atoms with Gasteiger partial charge in [0.2, 0.25) is 0 Å². The summed E-state index contributed by atoms with van der Waals surface area (Å²) in [6.07, 6.45) is 0. The monoisotopic (exact) mass is 1700 g/mol. The van der Waals surface area contributed by atoms with Gasteiger partial charge in [-0.1, -0.05) is 6.55 Å². The summed E-state index contributed by atoms with van der Waals surface area (Å²) in [5, 5.41) is -1.09. The molecule has 70 heteroatoms. The third-order valence-corrected chi connectivity index (χ3v) is 276. The highest BCUT2D eigenvalue weighted by molar-refractivity contribution is 7.85. The molecule has 0 aromatic rings. The zero-order chi connectivity index (χ0) is 63.7. The first-order chi connectivity index (χ1) is 36.0. The quantitative estimate of drug-likeness (QED) is 0.0518. The van der Waals surface area contributed by atoms with Crippen LogP contribution in [0.1, 0.15) is 13.8 Å². The fraction of sp³-hybridized carbons (Fsp3) is 1.00. The first-order valence-corrected chi connectivity index (χ1v) is 109. The van der Waals surface area contributed by atoms with Gasteiger partial charge >= 0.3 is 247 Å². The molecule has 1 unspecified atom stereocenters. The Hall–Kier alpha value is 1.33. The van der Waals surface area contributed by atoms with E-state index in [-0.39, 0.29) is 0 Å². The standard InChI is InChI=1S/C10H28O34Si36/c1-10(2,43-79(4,5)6)46(3)48(12)50(14)52(16)54(18)56(20)58(22)60(24)62(26)64(28)66(30)68(32)70(34)72(36)74(38)76(40)78(42)77(41)75(39)73(37)71(35)69(33)67(31)65(29)63(27)61(25)59(23)57(21)55(19)53(17)51(15)49(13)47(11)45-44-80(7,8)9/h46H,1-9H3. The minimum atomic E-state index is -4.75. The van der Waals surface area contributed by atoms with E-state index in [1.54, 1.807) is 53.1 Å². The molecule has 416 valence electrons. The zero-order valence-electron chi connectivity index (χ0n) is 41.5. The number of hydrogen-bond donors (Lipinski definition) is 0. The van der Waals surface area contributed by atoms with Crippen molar-refractivity contribution in [3.63, 3.8) is 0 Å². The van der Waals surface area contributed by atoms with Crippen LogP contribution in [0.25, 0.3) is 0 Å². The maximum Gasteiger partial charge on any atom is 0.381 e. The maximum absolute atomic E-state index is 13.1. The van der Waals surface area contributed by atoms with Crippen molar-refractivity contribution in [2.75, 3.05) is 0 Å². The second-order valence-corrected chi connectivity index (χ2v) is 190. The Morgan fingerprint density at radius 2 is 0.412 bits per heavy atom. The van der Waals surface area contributed by atoms with Crippen LogP contribution in [0.15, 0.2) is 0 Å². The first-order valence-electron chi connectivity index (χ1n) is 20.5. The van der Waals surface area contributed by atoms with E-state index in [0.717, 1.165) is 0 Å². The van der Waals surface area contributed by atoms with E-state index in [1.807, 2.05) is 0 Å². The van der Waals surface area contributed by atoms with Gasteiger partial charge in [0.05, 0.1) is 0 Å². The molecule has 0 aliphatic carbocycles. The molecule has 0 aliphatic rings. The Labute approximate surface area is 491 Å². The molecular formula is C10H28O34Si36. The molecule has 0 saturated carbocycles. The van der Waals surface area contributed by atoms with Crippen molar-refractivity contribution in [1.29, 1.82) is 0 Å². The molecule has 0 aromatic carbocycles. The van der Waals surface area contributed by atoms with Crippen molar-refractivity contribution in [3.05, 3.63) is 0 Å². The van der Waals surface area contributed by atoms with Crippen LogP contribution in [0.3, 0.4) is 0 Å². The van der Waals surface area contributed by atoms with Crippen molar-refractivity contribution in [1.82, 2.24) is 0 Å². The van der Waals surface area contributed by atoms with Crippen LogP contribution >= 0.6 is 0 Å². The van der Waals surface area contributed by atoms with E-state index in [0.29, 0.717) is 0 Å². The maximum atomic E-state index is 13.1. The average molecular weight is 1700 g/mol. The van der Waals surface area contributed by atoms with E-state index >= 15 is 0 Å². The van der Waals surface area contributed by atoms with Crippen molar-refractivity contribution >= 4 is 281 Å². The molecule has 0 fully saturated rings. The van der Waals surface area contributed by atoms with E-state index in [1.165, 1.54) is 6.55 Å². The fourth-order valence-electron chi connectivity index (χ4n) is 4.74. The van der Waals surface area contributed by atoms with Crippen LogP contribution in [-0.2, 0) is 151 Å². The summed E-state index contributed by atoms with van der Waals surface area (Å²) in [5.74, 6) is 0. The van der Waals surface area contributed by atoms with Gasteiger partial charge < -0.3 is 151 Å². The summed E-state index contributed by atoms with van der Waals surface area (Å²) in [7, 11) is -151. The highest BCUT2D eigenvalue weighted by Crippen LogP contribution is 2.20. The number of rotatable bonds is 38. The van der Waals surface area contributed by atoms with Gasteiger partial charge in [0.15, 0.2) is 16.6 Å². The predicted molar refractivity (Wildman–Crippen MR) is 288 cm³/mol. The molecule has 0 aliphatic heterocycles. The molecule has 2 radical (unpaired) electrons. The van der Waals surface area contributed by atoms with Gasteiger partial charge in [-0.05, 0) is 53.1 Å². The average Bonchev–Trinajstić information content (AvgIpc) is 3.40. The van der Waals surface area contributed by atoms with Crippen LogP contribution < -0.4 is 0 Å². The molecule has 0 aromatic heterocycles. The van der Waals surface area contributed by atoms with Crippen LogP contribution in [0, 0.1) is 0 Å². The summed E-state index contributed by atoms with van der Waals surface area (Å²) in [4.78, 5) is 0. The summed E-state index contributed by atoms with van der Waals surface area (Å²) < 4.78 is 420. The Balaban J connectivity index is 5.94. The predicted octanol–water partition coefficient (Wildman–Crippen LogP) is -13.0. The molecule has 1 atom stereocenters. The zero-order valence-corrected chi connectivity index (χ0v) is 77.6.